The van der Waals surface area contributed by atoms with Crippen molar-refractivity contribution in [3.8, 4) is 11.8 Å². The molecule has 25 heavy (non-hydrogen) atoms. The van der Waals surface area contributed by atoms with Crippen molar-refractivity contribution in [2.24, 2.45) is 0 Å². The van der Waals surface area contributed by atoms with E-state index >= 15 is 0 Å². The average molecular weight is 358 g/mol. The molecule has 0 aliphatic heterocycles. The molecule has 0 amide bonds. The van der Waals surface area contributed by atoms with E-state index in [1.807, 2.05) is 40.7 Å². The summed E-state index contributed by atoms with van der Waals surface area (Å²) in [5.41, 5.74) is 5.07. The van der Waals surface area contributed by atoms with Crippen LogP contribution < -0.4 is 9.46 Å². The lowest BCUT2D eigenvalue weighted by atomic mass is 9.95. The van der Waals surface area contributed by atoms with E-state index in [0.29, 0.717) is 16.3 Å². The van der Waals surface area contributed by atoms with Crippen LogP contribution in [-0.2, 0) is 10.0 Å². The first-order chi connectivity index (χ1) is 11.7. The maximum atomic E-state index is 12.9. The Bertz CT molecular complexity index is 911. The highest BCUT2D eigenvalue weighted by Crippen LogP contribution is 2.31. The zero-order valence-electron chi connectivity index (χ0n) is 15.1. The zero-order chi connectivity index (χ0) is 18.8. The van der Waals surface area contributed by atoms with Gasteiger partial charge in [0.1, 0.15) is 11.8 Å². The number of benzene rings is 2. The third-order valence-corrected chi connectivity index (χ3v) is 6.26. The Kier molecular flexibility index (Phi) is 5.39. The third-order valence-electron chi connectivity index (χ3n) is 4.61. The summed E-state index contributed by atoms with van der Waals surface area (Å²) >= 11 is 0. The Labute approximate surface area is 149 Å². The Balaban J connectivity index is 2.39. The summed E-state index contributed by atoms with van der Waals surface area (Å²) in [6.07, 6.45) is 0. The molecule has 0 fully saturated rings. The highest BCUT2D eigenvalue weighted by atomic mass is 32.2. The number of ether oxygens (including phenoxy) is 1. The molecule has 2 rings (SSSR count). The minimum atomic E-state index is -3.71. The van der Waals surface area contributed by atoms with Crippen LogP contribution in [0, 0.1) is 45.9 Å². The van der Waals surface area contributed by atoms with E-state index in [1.54, 1.807) is 24.3 Å². The number of sulfonamides is 1. The molecule has 0 aromatic heterocycles. The number of hydrogen-bond acceptors (Lipinski definition) is 4. The fourth-order valence-corrected chi connectivity index (χ4v) is 4.47. The van der Waals surface area contributed by atoms with Gasteiger partial charge >= 0.3 is 0 Å². The second kappa shape index (κ2) is 7.16. The molecule has 0 bridgehead atoms. The van der Waals surface area contributed by atoms with E-state index < -0.39 is 10.0 Å². The number of anilines is 1. The summed E-state index contributed by atoms with van der Waals surface area (Å²) in [5.74, 6) is 0.513. The summed E-state index contributed by atoms with van der Waals surface area (Å²) in [6.45, 7) is 9.51. The van der Waals surface area contributed by atoms with Crippen LogP contribution >= 0.6 is 0 Å². The summed E-state index contributed by atoms with van der Waals surface area (Å²) < 4.78 is 33.7. The molecular weight excluding hydrogens is 336 g/mol. The molecule has 0 saturated heterocycles. The number of nitrogens with one attached hydrogen (secondary N) is 1. The van der Waals surface area contributed by atoms with Gasteiger partial charge in [-0.15, -0.1) is 0 Å². The zero-order valence-corrected chi connectivity index (χ0v) is 15.9. The van der Waals surface area contributed by atoms with Crippen molar-refractivity contribution in [3.05, 3.63) is 52.1 Å². The molecular formula is C19H22N2O3S. The largest absolute Gasteiger partial charge is 0.479 e. The molecule has 0 radical (unpaired) electrons. The molecule has 0 aliphatic rings. The normalized spacial score (nSPS) is 11.0. The van der Waals surface area contributed by atoms with Crippen LogP contribution in [-0.4, -0.2) is 15.0 Å². The summed E-state index contributed by atoms with van der Waals surface area (Å²) in [6, 6.07) is 8.36. The predicted molar refractivity (Wildman–Crippen MR) is 98.5 cm³/mol. The summed E-state index contributed by atoms with van der Waals surface area (Å²) in [7, 11) is -3.71. The average Bonchev–Trinajstić information content (AvgIpc) is 2.57. The van der Waals surface area contributed by atoms with Gasteiger partial charge in [-0.2, -0.15) is 5.26 Å². The Morgan fingerprint density at radius 2 is 1.40 bits per heavy atom. The van der Waals surface area contributed by atoms with Gasteiger partial charge in [-0.25, -0.2) is 8.42 Å². The number of hydrogen-bond donors (Lipinski definition) is 1. The van der Waals surface area contributed by atoms with Crippen LogP contribution in [0.15, 0.2) is 29.2 Å². The number of nitriles is 1. The van der Waals surface area contributed by atoms with E-state index in [2.05, 4.69) is 4.72 Å². The predicted octanol–water partition coefficient (Wildman–Crippen LogP) is 3.93. The second-order valence-corrected chi connectivity index (χ2v) is 7.65. The van der Waals surface area contributed by atoms with Gasteiger partial charge in [-0.05, 0) is 86.7 Å². The molecule has 5 nitrogen and oxygen atoms in total. The van der Waals surface area contributed by atoms with Crippen molar-refractivity contribution >= 4 is 15.7 Å². The summed E-state index contributed by atoms with van der Waals surface area (Å²) in [4.78, 5) is 0.331. The first kappa shape index (κ1) is 18.8. The van der Waals surface area contributed by atoms with Crippen LogP contribution in [0.4, 0.5) is 5.69 Å². The van der Waals surface area contributed by atoms with E-state index in [0.717, 1.165) is 27.8 Å². The Hall–Kier alpha value is -2.52. The smallest absolute Gasteiger partial charge is 0.262 e. The Morgan fingerprint density at radius 3 is 1.88 bits per heavy atom. The van der Waals surface area contributed by atoms with Crippen molar-refractivity contribution < 1.29 is 13.2 Å². The molecule has 0 unspecified atom stereocenters. The minimum Gasteiger partial charge on any atom is -0.479 e. The van der Waals surface area contributed by atoms with Crippen LogP contribution in [0.25, 0.3) is 0 Å². The molecule has 2 aromatic carbocycles. The standard InChI is InChI=1S/C19H22N2O3S/c1-12-13(2)15(4)19(16(5)14(12)3)25(22,23)21-17-6-8-18(9-7-17)24-11-10-20/h6-9,21H,11H2,1-5H3. The molecule has 2 aromatic rings. The molecule has 0 heterocycles. The summed E-state index contributed by atoms with van der Waals surface area (Å²) in [5, 5.41) is 8.51. The molecule has 0 atom stereocenters. The quantitative estimate of drug-likeness (QED) is 0.878. The third kappa shape index (κ3) is 3.77. The van der Waals surface area contributed by atoms with E-state index in [4.69, 9.17) is 10.00 Å². The van der Waals surface area contributed by atoms with Gasteiger partial charge in [-0.3, -0.25) is 4.72 Å². The van der Waals surface area contributed by atoms with Crippen molar-refractivity contribution in [1.82, 2.24) is 0 Å². The SMILES string of the molecule is Cc1c(C)c(C)c(S(=O)(=O)Nc2ccc(OCC#N)cc2)c(C)c1C. The molecule has 6 heteroatoms. The maximum Gasteiger partial charge on any atom is 0.262 e. The lowest BCUT2D eigenvalue weighted by Crippen LogP contribution is -2.17. The first-order valence-electron chi connectivity index (χ1n) is 7.88. The second-order valence-electron chi connectivity index (χ2n) is 6.03. The number of nitrogens with zero attached hydrogens (tertiary/aromatic N) is 1. The van der Waals surface area contributed by atoms with Crippen molar-refractivity contribution in [2.75, 3.05) is 11.3 Å². The van der Waals surface area contributed by atoms with Crippen LogP contribution in [0.2, 0.25) is 0 Å². The highest BCUT2D eigenvalue weighted by molar-refractivity contribution is 7.92. The monoisotopic (exact) mass is 358 g/mol. The van der Waals surface area contributed by atoms with E-state index in [1.165, 1.54) is 0 Å². The van der Waals surface area contributed by atoms with Gasteiger partial charge in [-0.1, -0.05) is 0 Å². The molecule has 0 spiro atoms. The maximum absolute atomic E-state index is 12.9. The van der Waals surface area contributed by atoms with Gasteiger partial charge in [0.05, 0.1) is 4.90 Å². The topological polar surface area (TPSA) is 79.2 Å². The first-order valence-corrected chi connectivity index (χ1v) is 9.37. The molecule has 132 valence electrons. The van der Waals surface area contributed by atoms with E-state index in [9.17, 15) is 8.42 Å². The van der Waals surface area contributed by atoms with Gasteiger partial charge in [0.2, 0.25) is 0 Å². The van der Waals surface area contributed by atoms with Gasteiger partial charge < -0.3 is 4.74 Å². The lowest BCUT2D eigenvalue weighted by molar-refractivity contribution is 0.368. The van der Waals surface area contributed by atoms with Crippen LogP contribution in [0.3, 0.4) is 0 Å². The van der Waals surface area contributed by atoms with Gasteiger partial charge in [0.15, 0.2) is 6.61 Å². The number of rotatable bonds is 5. The minimum absolute atomic E-state index is 0.0502. The Morgan fingerprint density at radius 1 is 0.920 bits per heavy atom. The lowest BCUT2D eigenvalue weighted by Gasteiger charge is -2.19. The fraction of sp³-hybridized carbons (Fsp3) is 0.316. The van der Waals surface area contributed by atoms with Gasteiger partial charge in [0, 0.05) is 5.69 Å². The highest BCUT2D eigenvalue weighted by Gasteiger charge is 2.23. The van der Waals surface area contributed by atoms with Crippen molar-refractivity contribution in [1.29, 1.82) is 5.26 Å². The van der Waals surface area contributed by atoms with Crippen molar-refractivity contribution in [2.45, 2.75) is 39.5 Å². The molecule has 1 N–H and O–H groups in total. The van der Waals surface area contributed by atoms with Gasteiger partial charge in [0.25, 0.3) is 10.0 Å². The molecule has 0 aliphatic carbocycles. The van der Waals surface area contributed by atoms with Crippen LogP contribution in [0.1, 0.15) is 27.8 Å². The van der Waals surface area contributed by atoms with Crippen LogP contribution in [0.5, 0.6) is 5.75 Å². The van der Waals surface area contributed by atoms with Crippen molar-refractivity contribution in [3.63, 3.8) is 0 Å². The van der Waals surface area contributed by atoms with E-state index in [-0.39, 0.29) is 6.61 Å². The fourth-order valence-electron chi connectivity index (χ4n) is 2.81. The molecule has 0 saturated carbocycles.